The van der Waals surface area contributed by atoms with Crippen LogP contribution in [0.2, 0.25) is 0 Å². The van der Waals surface area contributed by atoms with Gasteiger partial charge in [0, 0.05) is 25.8 Å². The van der Waals surface area contributed by atoms with Crippen LogP contribution in [0.15, 0.2) is 30.7 Å². The minimum atomic E-state index is -0.840. The molecule has 0 spiro atoms. The van der Waals surface area contributed by atoms with Crippen LogP contribution in [-0.2, 0) is 4.74 Å². The van der Waals surface area contributed by atoms with Crippen LogP contribution >= 0.6 is 0 Å². The van der Waals surface area contributed by atoms with Crippen LogP contribution < -0.4 is 4.90 Å². The molecule has 2 aromatic rings. The van der Waals surface area contributed by atoms with Crippen molar-refractivity contribution in [3.05, 3.63) is 47.9 Å². The standard InChI is InChI=1S/C23H30FN5O3/c1-15(2)11-16-14-28(9-10-29(16)22(31)32-23(3,4)5)19-13-25-12-18(27-19)20(30)17-7-6-8-26-21(17)24/h6-8,12-13,15-16H,9-11,14H2,1-5H3/t16-/m0/s1. The van der Waals surface area contributed by atoms with E-state index in [1.807, 2.05) is 25.7 Å². The summed E-state index contributed by atoms with van der Waals surface area (Å²) in [6.45, 7) is 11.3. The third kappa shape index (κ3) is 5.77. The zero-order chi connectivity index (χ0) is 23.5. The van der Waals surface area contributed by atoms with Gasteiger partial charge in [-0.05, 0) is 45.2 Å². The number of halogens is 1. The first-order valence-corrected chi connectivity index (χ1v) is 10.8. The number of carbonyl (C=O) groups excluding carboxylic acids is 2. The van der Waals surface area contributed by atoms with E-state index in [4.69, 9.17) is 4.74 Å². The Morgan fingerprint density at radius 1 is 1.25 bits per heavy atom. The van der Waals surface area contributed by atoms with Crippen LogP contribution in [0.25, 0.3) is 0 Å². The van der Waals surface area contributed by atoms with Crippen molar-refractivity contribution in [1.29, 1.82) is 0 Å². The first-order valence-electron chi connectivity index (χ1n) is 10.8. The normalized spacial score (nSPS) is 16.9. The second-order valence-corrected chi connectivity index (χ2v) is 9.34. The zero-order valence-corrected chi connectivity index (χ0v) is 19.2. The molecule has 1 aliphatic heterocycles. The number of hydrogen-bond acceptors (Lipinski definition) is 7. The SMILES string of the molecule is CC(C)C[C@H]1CN(c2cncc(C(=O)c3cccnc3F)n2)CCN1C(=O)OC(C)(C)C. The van der Waals surface area contributed by atoms with Crippen LogP contribution in [0.3, 0.4) is 0 Å². The molecule has 3 rings (SSSR count). The van der Waals surface area contributed by atoms with Gasteiger partial charge in [-0.3, -0.25) is 9.78 Å². The van der Waals surface area contributed by atoms with E-state index in [0.29, 0.717) is 31.4 Å². The van der Waals surface area contributed by atoms with Crippen molar-refractivity contribution in [2.75, 3.05) is 24.5 Å². The monoisotopic (exact) mass is 443 g/mol. The molecule has 3 heterocycles. The molecule has 0 saturated carbocycles. The van der Waals surface area contributed by atoms with Gasteiger partial charge in [-0.2, -0.15) is 4.39 Å². The molecule has 9 heteroatoms. The number of piperazine rings is 1. The molecule has 0 N–H and O–H groups in total. The summed E-state index contributed by atoms with van der Waals surface area (Å²) in [5.74, 6) is -0.529. The summed E-state index contributed by atoms with van der Waals surface area (Å²) in [5.41, 5.74) is -0.672. The topological polar surface area (TPSA) is 88.5 Å². The third-order valence-corrected chi connectivity index (χ3v) is 5.04. The Morgan fingerprint density at radius 2 is 2.00 bits per heavy atom. The second-order valence-electron chi connectivity index (χ2n) is 9.34. The van der Waals surface area contributed by atoms with Crippen molar-refractivity contribution >= 4 is 17.7 Å². The average molecular weight is 444 g/mol. The Morgan fingerprint density at radius 3 is 2.66 bits per heavy atom. The van der Waals surface area contributed by atoms with E-state index in [-0.39, 0.29) is 23.4 Å². The summed E-state index contributed by atoms with van der Waals surface area (Å²) in [6, 6.07) is 2.80. The van der Waals surface area contributed by atoms with Crippen molar-refractivity contribution in [3.8, 4) is 0 Å². The minimum absolute atomic E-state index is 0.0457. The summed E-state index contributed by atoms with van der Waals surface area (Å²) in [5, 5.41) is 0. The fourth-order valence-electron chi connectivity index (χ4n) is 3.68. The molecule has 0 unspecified atom stereocenters. The van der Waals surface area contributed by atoms with Crippen molar-refractivity contribution in [1.82, 2.24) is 19.9 Å². The highest BCUT2D eigenvalue weighted by Crippen LogP contribution is 2.24. The van der Waals surface area contributed by atoms with Gasteiger partial charge in [0.05, 0.1) is 24.0 Å². The minimum Gasteiger partial charge on any atom is -0.444 e. The number of rotatable bonds is 5. The maximum Gasteiger partial charge on any atom is 0.410 e. The van der Waals surface area contributed by atoms with Crippen LogP contribution in [0.5, 0.6) is 0 Å². The van der Waals surface area contributed by atoms with E-state index in [1.165, 1.54) is 24.5 Å². The molecule has 1 atom stereocenters. The Kier molecular flexibility index (Phi) is 7.06. The molecule has 0 aromatic carbocycles. The predicted molar refractivity (Wildman–Crippen MR) is 118 cm³/mol. The van der Waals surface area contributed by atoms with E-state index >= 15 is 0 Å². The number of pyridine rings is 1. The maximum absolute atomic E-state index is 13.9. The number of aromatic nitrogens is 3. The average Bonchev–Trinajstić information content (AvgIpc) is 2.72. The van der Waals surface area contributed by atoms with Crippen molar-refractivity contribution in [3.63, 3.8) is 0 Å². The van der Waals surface area contributed by atoms with Gasteiger partial charge in [0.2, 0.25) is 11.7 Å². The van der Waals surface area contributed by atoms with Crippen LogP contribution in [0.4, 0.5) is 15.0 Å². The smallest absolute Gasteiger partial charge is 0.410 e. The molecular formula is C23H30FN5O3. The molecule has 1 amide bonds. The summed E-state index contributed by atoms with van der Waals surface area (Å²) in [6.07, 6.45) is 4.65. The van der Waals surface area contributed by atoms with Gasteiger partial charge in [-0.25, -0.2) is 14.8 Å². The quantitative estimate of drug-likeness (QED) is 0.514. The Labute approximate surface area is 187 Å². The lowest BCUT2D eigenvalue weighted by Crippen LogP contribution is -2.56. The van der Waals surface area contributed by atoms with Crippen molar-refractivity contribution in [2.24, 2.45) is 5.92 Å². The molecule has 172 valence electrons. The first-order chi connectivity index (χ1) is 15.0. The molecular weight excluding hydrogens is 413 g/mol. The third-order valence-electron chi connectivity index (χ3n) is 5.04. The van der Waals surface area contributed by atoms with E-state index < -0.39 is 17.3 Å². The Balaban J connectivity index is 1.80. The number of ether oxygens (including phenoxy) is 1. The number of nitrogens with zero attached hydrogens (tertiary/aromatic N) is 5. The molecule has 1 aliphatic rings. The zero-order valence-electron chi connectivity index (χ0n) is 19.2. The van der Waals surface area contributed by atoms with Crippen molar-refractivity contribution < 1.29 is 18.7 Å². The number of anilines is 1. The van der Waals surface area contributed by atoms with Gasteiger partial charge in [0.25, 0.3) is 0 Å². The van der Waals surface area contributed by atoms with Crippen LogP contribution in [-0.4, -0.2) is 63.0 Å². The number of amides is 1. The largest absolute Gasteiger partial charge is 0.444 e. The predicted octanol–water partition coefficient (Wildman–Crippen LogP) is 3.71. The molecule has 32 heavy (non-hydrogen) atoms. The van der Waals surface area contributed by atoms with E-state index in [0.717, 1.165) is 6.42 Å². The van der Waals surface area contributed by atoms with Gasteiger partial charge in [-0.15, -0.1) is 0 Å². The molecule has 8 nitrogen and oxygen atoms in total. The summed E-state index contributed by atoms with van der Waals surface area (Å²) >= 11 is 0. The number of hydrogen-bond donors (Lipinski definition) is 0. The molecule has 0 bridgehead atoms. The highest BCUT2D eigenvalue weighted by molar-refractivity contribution is 6.07. The lowest BCUT2D eigenvalue weighted by atomic mass is 10.0. The lowest BCUT2D eigenvalue weighted by Gasteiger charge is -2.42. The van der Waals surface area contributed by atoms with Crippen LogP contribution in [0.1, 0.15) is 57.1 Å². The number of carbonyl (C=O) groups is 2. The summed E-state index contributed by atoms with van der Waals surface area (Å²) in [7, 11) is 0. The Hall–Kier alpha value is -3.10. The molecule has 1 fully saturated rings. The van der Waals surface area contributed by atoms with Crippen molar-refractivity contribution in [2.45, 2.75) is 52.7 Å². The van der Waals surface area contributed by atoms with Gasteiger partial charge in [0.15, 0.2) is 0 Å². The Bertz CT molecular complexity index is 976. The summed E-state index contributed by atoms with van der Waals surface area (Å²) in [4.78, 5) is 41.4. The molecule has 0 radical (unpaired) electrons. The highest BCUT2D eigenvalue weighted by Gasteiger charge is 2.34. The summed E-state index contributed by atoms with van der Waals surface area (Å²) < 4.78 is 19.5. The van der Waals surface area contributed by atoms with E-state index in [2.05, 4.69) is 28.8 Å². The highest BCUT2D eigenvalue weighted by atomic mass is 19.1. The molecule has 1 saturated heterocycles. The number of ketones is 1. The fourth-order valence-corrected chi connectivity index (χ4v) is 3.68. The molecule has 2 aromatic heterocycles. The lowest BCUT2D eigenvalue weighted by molar-refractivity contribution is 0.0119. The van der Waals surface area contributed by atoms with Gasteiger partial charge in [-0.1, -0.05) is 13.8 Å². The molecule has 0 aliphatic carbocycles. The fraction of sp³-hybridized carbons (Fsp3) is 0.522. The first kappa shape index (κ1) is 23.6. The van der Waals surface area contributed by atoms with E-state index in [1.54, 1.807) is 11.1 Å². The van der Waals surface area contributed by atoms with Gasteiger partial charge in [0.1, 0.15) is 17.1 Å². The van der Waals surface area contributed by atoms with E-state index in [9.17, 15) is 14.0 Å². The van der Waals surface area contributed by atoms with Crippen LogP contribution in [0, 0.1) is 11.9 Å². The van der Waals surface area contributed by atoms with Gasteiger partial charge >= 0.3 is 6.09 Å². The maximum atomic E-state index is 13.9. The second kappa shape index (κ2) is 9.58. The van der Waals surface area contributed by atoms with Gasteiger partial charge < -0.3 is 14.5 Å².